The second-order valence-electron chi connectivity index (χ2n) is 11.3. The number of nitrogens with one attached hydrogen (secondary N) is 2. The van der Waals surface area contributed by atoms with Gasteiger partial charge in [0, 0.05) is 136 Å². The summed E-state index contributed by atoms with van der Waals surface area (Å²) in [6, 6.07) is -2.54. The molecule has 1 saturated heterocycles. The number of aldehydes is 1. The zero-order valence-electron chi connectivity index (χ0n) is 53.5. The quantitative estimate of drug-likeness (QED) is 0.0246. The van der Waals surface area contributed by atoms with Gasteiger partial charge in [-0.2, -0.15) is 0 Å². The molecule has 4 atom stereocenters. The third-order valence-corrected chi connectivity index (χ3v) is 6.39. The fourth-order valence-corrected chi connectivity index (χ4v) is 3.54. The number of aliphatic hydroxyl groups is 2. The smallest absolute Gasteiger partial charge is 0.331 e. The van der Waals surface area contributed by atoms with Crippen LogP contribution in [0.3, 0.4) is 0 Å². The topological polar surface area (TPSA) is 328 Å². The number of hydrogen-bond donors (Lipinski definition) is 7. The number of Topliss-reactive ketones (excluding diaryl/α,β-unsaturated/α-hetero) is 1. The van der Waals surface area contributed by atoms with Gasteiger partial charge in [0.05, 0.1) is 39.1 Å². The molecule has 23 nitrogen and oxygen atoms in total. The summed E-state index contributed by atoms with van der Waals surface area (Å²) in [6.45, 7) is 35.8. The Balaban J connectivity index is -0.0000000200. The number of nitrogens with zero attached hydrogens (tertiary/aromatic N) is 1. The third-order valence-electron chi connectivity index (χ3n) is 6.39. The molecule has 515 valence electrons. The van der Waals surface area contributed by atoms with Crippen LogP contribution in [0.25, 0.3) is 0 Å². The van der Waals surface area contributed by atoms with Gasteiger partial charge >= 0.3 is 23.9 Å². The van der Waals surface area contributed by atoms with Crippen LogP contribution in [-0.4, -0.2) is 267 Å². The van der Waals surface area contributed by atoms with Gasteiger partial charge in [0.15, 0.2) is 5.78 Å². The first-order valence-electron chi connectivity index (χ1n) is 23.9. The van der Waals surface area contributed by atoms with Crippen molar-refractivity contribution in [1.82, 2.24) is 15.5 Å². The van der Waals surface area contributed by atoms with Gasteiger partial charge in [-0.15, -0.1) is 6.58 Å². The minimum absolute atomic E-state index is 0. The van der Waals surface area contributed by atoms with Crippen molar-refractivity contribution in [3.63, 3.8) is 0 Å². The molecule has 0 aliphatic carbocycles. The molecule has 2 heterocycles. The van der Waals surface area contributed by atoms with Gasteiger partial charge in [-0.3, -0.25) is 28.8 Å². The van der Waals surface area contributed by atoms with Crippen LogP contribution < -0.4 is 16.4 Å². The average molecular weight is 1250 g/mol. The Morgan fingerprint density at radius 2 is 0.907 bits per heavy atom. The lowest BCUT2D eigenvalue weighted by molar-refractivity contribution is -0.238. The number of carbonyl (C=O) groups is 7. The van der Waals surface area contributed by atoms with Crippen LogP contribution in [0.2, 0.25) is 0 Å². The van der Waals surface area contributed by atoms with Crippen molar-refractivity contribution >= 4 is 101 Å². The Labute approximate surface area is 545 Å². The van der Waals surface area contributed by atoms with E-state index in [4.69, 9.17) is 40.0 Å². The molecular formula is C56H136B7N4O19. The predicted octanol–water partition coefficient (Wildman–Crippen LogP) is 6.74. The zero-order valence-corrected chi connectivity index (χ0v) is 53.5. The van der Waals surface area contributed by atoms with Crippen molar-refractivity contribution in [3.8, 4) is 0 Å². The van der Waals surface area contributed by atoms with Crippen LogP contribution in [0.5, 0.6) is 0 Å². The maximum atomic E-state index is 12.0. The molecule has 0 aromatic rings. The maximum Gasteiger partial charge on any atom is 0.331 e. The Hall–Kier alpha value is -3.98. The van der Waals surface area contributed by atoms with Gasteiger partial charge in [-0.1, -0.05) is 155 Å². The van der Waals surface area contributed by atoms with E-state index in [1.54, 1.807) is 27.3 Å². The summed E-state index contributed by atoms with van der Waals surface area (Å²) in [5.41, 5.74) is 5.00. The van der Waals surface area contributed by atoms with E-state index in [0.29, 0.717) is 19.5 Å². The number of nitrogens with two attached hydrogens (primary N) is 1. The zero-order chi connectivity index (χ0) is 60.4. The molecule has 8 N–H and O–H groups in total. The fourth-order valence-electron chi connectivity index (χ4n) is 3.54. The van der Waals surface area contributed by atoms with Crippen molar-refractivity contribution in [2.24, 2.45) is 11.7 Å². The largest absolute Gasteiger partial charge is 0.510 e. The van der Waals surface area contributed by atoms with Crippen LogP contribution in [0.15, 0.2) is 24.5 Å². The van der Waals surface area contributed by atoms with Gasteiger partial charge in [-0.05, 0) is 14.1 Å². The lowest BCUT2D eigenvalue weighted by Crippen LogP contribution is -2.53. The highest BCUT2D eigenvalue weighted by atomic mass is 16.7. The number of likely N-dealkylation sites (N-methyl/N-ethyl adjacent to an activating group) is 3. The summed E-state index contributed by atoms with van der Waals surface area (Å²) in [5.74, 6) is -7.30. The van der Waals surface area contributed by atoms with Gasteiger partial charge in [0.25, 0.3) is 5.79 Å². The monoisotopic (exact) mass is 1250 g/mol. The molecule has 0 spiro atoms. The molecule has 0 bridgehead atoms. The number of aliphatic carboxylic acids is 2. The van der Waals surface area contributed by atoms with Crippen molar-refractivity contribution in [1.29, 1.82) is 0 Å². The maximum absolute atomic E-state index is 12.0. The molecule has 4 unspecified atom stereocenters. The number of carbonyl (C=O) groups excluding carboxylic acids is 5. The minimum Gasteiger partial charge on any atom is -0.510 e. The van der Waals surface area contributed by atoms with Gasteiger partial charge in [0.2, 0.25) is 11.8 Å². The van der Waals surface area contributed by atoms with Crippen molar-refractivity contribution < 1.29 is 91.9 Å². The molecule has 30 heteroatoms. The average Bonchev–Trinajstić information content (AvgIpc) is 3.63. The molecular weight excluding hydrogens is 1110 g/mol. The van der Waals surface area contributed by atoms with E-state index in [0.717, 1.165) is 7.11 Å². The molecule has 2 rings (SSSR count). The first-order valence-corrected chi connectivity index (χ1v) is 23.9. The summed E-state index contributed by atoms with van der Waals surface area (Å²) in [4.78, 5) is 77.0. The number of esters is 2. The van der Waals surface area contributed by atoms with E-state index in [-0.39, 0.29) is 155 Å². The first-order chi connectivity index (χ1) is 34.2. The number of ketones is 1. The Bertz CT molecular complexity index is 1220. The molecule has 1 amide bonds. The summed E-state index contributed by atoms with van der Waals surface area (Å²) in [7, 11) is 14.7. The standard InChI is InChI=1S/C11H17NO6.C7H11NO3.C5H11NO3.C4H9NO3.C4H8O.C3H6O2.7C2H6.CH4O.7CH4.7B/c1-11(2)17-9(14)7(10(15)18-11)8(13)6(12-3)5-16-4;1-8-5(4-11-2)6(9)3-7(8)10;1-6-4(3-9-2)5(7)8;1-8-2-3(5)4(6)7;1-3-4-5-2;1-5-3-2-4;8*1-2;;;;;;;;;;;;;;/h6-7,12H,5H2,1-4H3;3,5,9H,4H2,1-2H3;4,6H,3H2,1-2H3,(H,7,8);3H,2,5H2,1H3,(H,6,7);3H,1,4H2,2H3;2H,3H2,1H3;7*1-2H3;2H,1H3;7*1H4;;;;;;;. The second-order valence-corrected chi connectivity index (χ2v) is 11.3. The number of carboxylic acids is 2. The molecule has 86 heavy (non-hydrogen) atoms. The highest BCUT2D eigenvalue weighted by molar-refractivity contribution is 6.17. The summed E-state index contributed by atoms with van der Waals surface area (Å²) < 4.78 is 37.4. The molecule has 2 aliphatic heterocycles. The van der Waals surface area contributed by atoms with E-state index in [9.17, 15) is 38.7 Å². The van der Waals surface area contributed by atoms with Crippen LogP contribution in [0.4, 0.5) is 0 Å². The van der Waals surface area contributed by atoms with Crippen molar-refractivity contribution in [3.05, 3.63) is 24.5 Å². The molecule has 0 aromatic carbocycles. The number of methoxy groups -OCH3 is 6. The number of aliphatic hydroxyl groups excluding tert-OH is 2. The highest BCUT2D eigenvalue weighted by Crippen LogP contribution is 2.24. The van der Waals surface area contributed by atoms with E-state index < -0.39 is 59.5 Å². The highest BCUT2D eigenvalue weighted by Gasteiger charge is 2.48. The number of hydrogen-bond acceptors (Lipinski definition) is 20. The molecule has 1 fully saturated rings. The van der Waals surface area contributed by atoms with Gasteiger partial charge in [0.1, 0.15) is 36.8 Å². The van der Waals surface area contributed by atoms with Crippen LogP contribution in [0, 0.1) is 5.92 Å². The van der Waals surface area contributed by atoms with E-state index >= 15 is 0 Å². The lowest BCUT2D eigenvalue weighted by atomic mass is 9.97. The van der Waals surface area contributed by atoms with Crippen LogP contribution in [-0.2, 0) is 71.5 Å². The summed E-state index contributed by atoms with van der Waals surface area (Å²) in [5, 5.41) is 37.9. The normalized spacial score (nSPS) is 11.5. The lowest BCUT2D eigenvalue weighted by Gasteiger charge is -2.33. The molecule has 0 saturated carbocycles. The predicted molar refractivity (Wildman–Crippen MR) is 373 cm³/mol. The molecule has 21 radical (unpaired) electrons. The first kappa shape index (κ1) is 172. The Morgan fingerprint density at radius 1 is 0.605 bits per heavy atom. The SMILES string of the molecule is C.C.C.C.C.C.C.C=CCOC.CC.CC.CC.CC.CC.CC.CC.CNC(COC)C(=O)C1C(=O)OC(C)(C)OC1=O.CNC(COC)C(=O)O.CO.COCC(N)C(=O)O.COCC1C(O)=CC(=O)N1C.COCC=O.[B].[B].[B].[B].[B].[B].[B]. The van der Waals surface area contributed by atoms with E-state index in [2.05, 4.69) is 36.2 Å². The number of cyclic esters (lactones) is 2. The number of carboxylic acid groups (broad SMARTS) is 2. The summed E-state index contributed by atoms with van der Waals surface area (Å²) >= 11 is 0. The molecule has 2 aliphatic rings. The minimum atomic E-state index is -1.55. The Kier molecular flexibility index (Phi) is 287. The van der Waals surface area contributed by atoms with E-state index in [1.165, 1.54) is 67.4 Å². The fraction of sp³-hybridized carbons (Fsp3) is 0.804. The third kappa shape index (κ3) is 115. The van der Waals surface area contributed by atoms with Crippen molar-refractivity contribution in [2.75, 3.05) is 111 Å². The number of amides is 1. The number of rotatable bonds is 18. The van der Waals surface area contributed by atoms with Crippen LogP contribution in [0.1, 0.15) is 163 Å². The Morgan fingerprint density at radius 3 is 1.06 bits per heavy atom. The molecule has 0 aromatic heterocycles. The van der Waals surface area contributed by atoms with Crippen molar-refractivity contribution in [2.45, 2.75) is 193 Å². The van der Waals surface area contributed by atoms with Gasteiger partial charge in [-0.25, -0.2) is 0 Å². The number of ether oxygens (including phenoxy) is 8. The second kappa shape index (κ2) is 144. The summed E-state index contributed by atoms with van der Waals surface area (Å²) in [6.07, 6.45) is 3.63. The van der Waals surface area contributed by atoms with Gasteiger partial charge < -0.3 is 84.4 Å². The van der Waals surface area contributed by atoms with E-state index in [1.807, 2.05) is 96.9 Å². The van der Waals surface area contributed by atoms with Crippen LogP contribution >= 0.6 is 0 Å².